The van der Waals surface area contributed by atoms with Crippen LogP contribution in [0, 0.1) is 0 Å². The van der Waals surface area contributed by atoms with E-state index in [9.17, 15) is 0 Å². The van der Waals surface area contributed by atoms with E-state index < -0.39 is 0 Å². The molecular weight excluding hydrogens is 430 g/mol. The van der Waals surface area contributed by atoms with Gasteiger partial charge in [0.2, 0.25) is 0 Å². The Labute approximate surface area is 200 Å². The summed E-state index contributed by atoms with van der Waals surface area (Å²) in [5.41, 5.74) is 5.16. The molecule has 0 aliphatic carbocycles. The lowest BCUT2D eigenvalue weighted by Gasteiger charge is -2.24. The van der Waals surface area contributed by atoms with E-state index in [0.29, 0.717) is 19.3 Å². The lowest BCUT2D eigenvalue weighted by Crippen LogP contribution is -2.47. The maximum Gasteiger partial charge on any atom is 0.169 e. The molecule has 0 radical (unpaired) electrons. The first-order chi connectivity index (χ1) is 16.8. The molecular formula is C27H31N3O4. The molecule has 2 aliphatic rings. The van der Waals surface area contributed by atoms with Crippen molar-refractivity contribution in [3.63, 3.8) is 0 Å². The van der Waals surface area contributed by atoms with Crippen molar-refractivity contribution < 1.29 is 18.9 Å². The molecule has 7 nitrogen and oxygen atoms in total. The van der Waals surface area contributed by atoms with E-state index in [1.54, 1.807) is 7.11 Å². The predicted octanol–water partition coefficient (Wildman–Crippen LogP) is 3.96. The number of hydrogen-bond donors (Lipinski definition) is 3. The van der Waals surface area contributed by atoms with Crippen molar-refractivity contribution in [1.82, 2.24) is 10.6 Å². The smallest absolute Gasteiger partial charge is 0.169 e. The molecule has 1 unspecified atom stereocenters. The van der Waals surface area contributed by atoms with Crippen LogP contribution in [0.15, 0.2) is 60.7 Å². The van der Waals surface area contributed by atoms with Crippen LogP contribution in [-0.2, 0) is 11.3 Å². The highest BCUT2D eigenvalue weighted by Crippen LogP contribution is 2.42. The number of hydrogen-bond acceptors (Lipinski definition) is 7. The second-order valence-corrected chi connectivity index (χ2v) is 8.42. The van der Waals surface area contributed by atoms with Gasteiger partial charge in [-0.15, -0.1) is 0 Å². The van der Waals surface area contributed by atoms with Crippen LogP contribution in [-0.4, -0.2) is 52.7 Å². The molecule has 5 rings (SSSR count). The van der Waals surface area contributed by atoms with Gasteiger partial charge in [-0.05, 0) is 41.5 Å². The van der Waals surface area contributed by atoms with Crippen molar-refractivity contribution in [2.75, 3.05) is 51.9 Å². The number of anilines is 2. The minimum absolute atomic E-state index is 0.380. The lowest BCUT2D eigenvalue weighted by atomic mass is 10.0. The standard InChI is InChI=1S/C27H31N3O4/c1-31-26-15-20(23-3-2-4-25-27(23)34-14-13-33-25)7-10-24(26)30-21-8-5-19(6-9-21)16-28-17-22-18-32-12-11-29-22/h2-10,15,22,28-30H,11-14,16-18H2,1H3. The average Bonchev–Trinajstić information content (AvgIpc) is 2.90. The van der Waals surface area contributed by atoms with Crippen LogP contribution in [0.2, 0.25) is 0 Å². The van der Waals surface area contributed by atoms with Crippen molar-refractivity contribution in [3.8, 4) is 28.4 Å². The highest BCUT2D eigenvalue weighted by atomic mass is 16.6. The minimum atomic E-state index is 0.380. The minimum Gasteiger partial charge on any atom is -0.495 e. The normalized spacial score (nSPS) is 17.3. The fraction of sp³-hybridized carbons (Fsp3) is 0.333. The van der Waals surface area contributed by atoms with E-state index >= 15 is 0 Å². The summed E-state index contributed by atoms with van der Waals surface area (Å²) >= 11 is 0. The molecule has 0 amide bonds. The van der Waals surface area contributed by atoms with Gasteiger partial charge in [-0.25, -0.2) is 0 Å². The molecule has 2 aliphatic heterocycles. The topological polar surface area (TPSA) is 73.0 Å². The van der Waals surface area contributed by atoms with Crippen LogP contribution < -0.4 is 30.2 Å². The summed E-state index contributed by atoms with van der Waals surface area (Å²) in [4.78, 5) is 0. The van der Waals surface area contributed by atoms with Crippen LogP contribution in [0.25, 0.3) is 11.1 Å². The summed E-state index contributed by atoms with van der Waals surface area (Å²) in [6.07, 6.45) is 0. The van der Waals surface area contributed by atoms with E-state index in [1.165, 1.54) is 5.56 Å². The van der Waals surface area contributed by atoms with Gasteiger partial charge in [-0.1, -0.05) is 30.3 Å². The van der Waals surface area contributed by atoms with Gasteiger partial charge in [0, 0.05) is 36.9 Å². The maximum atomic E-state index is 5.89. The Kier molecular flexibility index (Phi) is 7.14. The third kappa shape index (κ3) is 5.28. The van der Waals surface area contributed by atoms with E-state index in [-0.39, 0.29) is 0 Å². The quantitative estimate of drug-likeness (QED) is 0.469. The summed E-state index contributed by atoms with van der Waals surface area (Å²) in [6.45, 7) is 5.34. The molecule has 0 saturated carbocycles. The van der Waals surface area contributed by atoms with Crippen molar-refractivity contribution in [2.24, 2.45) is 0 Å². The monoisotopic (exact) mass is 461 g/mol. The molecule has 7 heteroatoms. The first-order valence-corrected chi connectivity index (χ1v) is 11.7. The van der Waals surface area contributed by atoms with Crippen LogP contribution in [0.1, 0.15) is 5.56 Å². The largest absolute Gasteiger partial charge is 0.495 e. The number of benzene rings is 3. The van der Waals surface area contributed by atoms with Gasteiger partial charge in [-0.2, -0.15) is 0 Å². The van der Waals surface area contributed by atoms with Crippen LogP contribution in [0.4, 0.5) is 11.4 Å². The molecule has 0 bridgehead atoms. The van der Waals surface area contributed by atoms with Crippen molar-refractivity contribution >= 4 is 11.4 Å². The molecule has 3 aromatic carbocycles. The van der Waals surface area contributed by atoms with Crippen LogP contribution in [0.5, 0.6) is 17.2 Å². The predicted molar refractivity (Wildman–Crippen MR) is 133 cm³/mol. The van der Waals surface area contributed by atoms with Crippen molar-refractivity contribution in [2.45, 2.75) is 12.6 Å². The fourth-order valence-corrected chi connectivity index (χ4v) is 4.27. The van der Waals surface area contributed by atoms with E-state index in [1.807, 2.05) is 30.3 Å². The molecule has 0 aromatic heterocycles. The molecule has 34 heavy (non-hydrogen) atoms. The Morgan fingerprint density at radius 1 is 1.00 bits per heavy atom. The van der Waals surface area contributed by atoms with E-state index in [4.69, 9.17) is 18.9 Å². The molecule has 3 N–H and O–H groups in total. The lowest BCUT2D eigenvalue weighted by molar-refractivity contribution is 0.0766. The SMILES string of the molecule is COc1cc(-c2cccc3c2OCCO3)ccc1Nc1ccc(CNCC2COCCN2)cc1. The fourth-order valence-electron chi connectivity index (χ4n) is 4.27. The molecule has 1 saturated heterocycles. The third-order valence-electron chi connectivity index (χ3n) is 6.03. The molecule has 1 atom stereocenters. The number of nitrogens with one attached hydrogen (secondary N) is 3. The second-order valence-electron chi connectivity index (χ2n) is 8.42. The molecule has 3 aromatic rings. The Bertz CT molecular complexity index is 1100. The number of ether oxygens (including phenoxy) is 4. The summed E-state index contributed by atoms with van der Waals surface area (Å²) in [5, 5.41) is 10.4. The highest BCUT2D eigenvalue weighted by Gasteiger charge is 2.18. The molecule has 2 heterocycles. The van der Waals surface area contributed by atoms with E-state index in [2.05, 4.69) is 46.3 Å². The van der Waals surface area contributed by atoms with Crippen molar-refractivity contribution in [1.29, 1.82) is 0 Å². The first kappa shape index (κ1) is 22.5. The number of morpholine rings is 1. The zero-order valence-electron chi connectivity index (χ0n) is 19.4. The summed E-state index contributed by atoms with van der Waals surface area (Å²) in [5.74, 6) is 2.33. The Morgan fingerprint density at radius 3 is 2.71 bits per heavy atom. The number of para-hydroxylation sites is 1. The highest BCUT2D eigenvalue weighted by molar-refractivity contribution is 5.79. The summed E-state index contributed by atoms with van der Waals surface area (Å²) in [6, 6.07) is 20.9. The van der Waals surface area contributed by atoms with Gasteiger partial charge in [0.25, 0.3) is 0 Å². The van der Waals surface area contributed by atoms with E-state index in [0.717, 1.165) is 72.6 Å². The number of methoxy groups -OCH3 is 1. The first-order valence-electron chi connectivity index (χ1n) is 11.7. The van der Waals surface area contributed by atoms with Gasteiger partial charge in [0.1, 0.15) is 19.0 Å². The second kappa shape index (κ2) is 10.8. The molecule has 178 valence electrons. The zero-order valence-corrected chi connectivity index (χ0v) is 19.4. The molecule has 1 fully saturated rings. The van der Waals surface area contributed by atoms with Gasteiger partial charge >= 0.3 is 0 Å². The van der Waals surface area contributed by atoms with Gasteiger partial charge in [-0.3, -0.25) is 0 Å². The Balaban J connectivity index is 1.24. The molecule has 0 spiro atoms. The van der Waals surface area contributed by atoms with Gasteiger partial charge in [0.05, 0.1) is 26.0 Å². The summed E-state index contributed by atoms with van der Waals surface area (Å²) in [7, 11) is 1.69. The Morgan fingerprint density at radius 2 is 1.88 bits per heavy atom. The van der Waals surface area contributed by atoms with Gasteiger partial charge in [0.15, 0.2) is 11.5 Å². The zero-order chi connectivity index (χ0) is 23.2. The summed E-state index contributed by atoms with van der Waals surface area (Å²) < 4.78 is 22.8. The third-order valence-corrected chi connectivity index (χ3v) is 6.03. The van der Waals surface area contributed by atoms with Crippen LogP contribution >= 0.6 is 0 Å². The maximum absolute atomic E-state index is 5.89. The van der Waals surface area contributed by atoms with Crippen LogP contribution in [0.3, 0.4) is 0 Å². The van der Waals surface area contributed by atoms with Gasteiger partial charge < -0.3 is 34.9 Å². The van der Waals surface area contributed by atoms with Crippen molar-refractivity contribution in [3.05, 3.63) is 66.2 Å². The number of rotatable bonds is 8. The average molecular weight is 462 g/mol. The Hall–Kier alpha value is -3.26. The number of fused-ring (bicyclic) bond motifs is 1.